The molecule has 0 radical (unpaired) electrons. The van der Waals surface area contributed by atoms with Crippen LogP contribution in [0.5, 0.6) is 0 Å². The summed E-state index contributed by atoms with van der Waals surface area (Å²) in [6, 6.07) is -6.42. The minimum atomic E-state index is -1.76. The first-order valence-electron chi connectivity index (χ1n) is 9.27. The fourth-order valence-corrected chi connectivity index (χ4v) is 2.39. The molecule has 0 bridgehead atoms. The molecule has 15 heteroatoms. The highest BCUT2D eigenvalue weighted by Gasteiger charge is 2.33. The van der Waals surface area contributed by atoms with Crippen molar-refractivity contribution in [3.05, 3.63) is 0 Å². The van der Waals surface area contributed by atoms with Gasteiger partial charge in [-0.2, -0.15) is 0 Å². The van der Waals surface area contributed by atoms with Crippen LogP contribution in [0.4, 0.5) is 0 Å². The van der Waals surface area contributed by atoms with Crippen molar-refractivity contribution in [2.24, 2.45) is 17.4 Å². The quantitative estimate of drug-likeness (QED) is 0.125. The molecule has 0 aromatic carbocycles. The van der Waals surface area contributed by atoms with Gasteiger partial charge in [-0.1, -0.05) is 13.8 Å². The van der Waals surface area contributed by atoms with E-state index in [2.05, 4.69) is 5.32 Å². The third-order valence-electron chi connectivity index (χ3n) is 4.01. The van der Waals surface area contributed by atoms with E-state index < -0.39 is 90.9 Å². The van der Waals surface area contributed by atoms with Crippen molar-refractivity contribution in [3.8, 4) is 0 Å². The summed E-state index contributed by atoms with van der Waals surface area (Å²) in [6.45, 7) is 2.98. The molecule has 10 N–H and O–H groups in total. The number of hydrogen-bond acceptors (Lipinski definition) is 8. The average Bonchev–Trinajstić information content (AvgIpc) is 2.62. The molecular weight excluding hydrogens is 434 g/mol. The number of carbonyl (C=O) groups is 7. The minimum absolute atomic E-state index is 0.574. The number of amides is 4. The lowest BCUT2D eigenvalue weighted by atomic mass is 10.0. The Bertz CT molecular complexity index is 769. The van der Waals surface area contributed by atoms with Crippen LogP contribution in [0.25, 0.3) is 0 Å². The maximum Gasteiger partial charge on any atom is 0.326 e. The van der Waals surface area contributed by atoms with E-state index in [0.717, 1.165) is 0 Å². The van der Waals surface area contributed by atoms with Crippen LogP contribution in [0.3, 0.4) is 0 Å². The maximum absolute atomic E-state index is 12.5. The van der Waals surface area contributed by atoms with E-state index in [1.807, 2.05) is 10.6 Å². The highest BCUT2D eigenvalue weighted by atomic mass is 16.4. The van der Waals surface area contributed by atoms with Gasteiger partial charge in [-0.15, -0.1) is 0 Å². The van der Waals surface area contributed by atoms with Gasteiger partial charge in [0.2, 0.25) is 23.6 Å². The summed E-state index contributed by atoms with van der Waals surface area (Å²) in [5, 5.41) is 33.0. The summed E-state index contributed by atoms with van der Waals surface area (Å²) in [7, 11) is 0. The Hall–Kier alpha value is -3.75. The molecule has 0 aliphatic heterocycles. The fourth-order valence-electron chi connectivity index (χ4n) is 2.39. The Morgan fingerprint density at radius 1 is 0.719 bits per heavy atom. The molecule has 4 unspecified atom stereocenters. The second-order valence-corrected chi connectivity index (χ2v) is 7.16. The summed E-state index contributed by atoms with van der Waals surface area (Å²) in [5.74, 6) is -9.37. The van der Waals surface area contributed by atoms with Crippen LogP contribution in [0.15, 0.2) is 0 Å². The Balaban J connectivity index is 5.56. The predicted octanol–water partition coefficient (Wildman–Crippen LogP) is -3.67. The zero-order valence-corrected chi connectivity index (χ0v) is 17.4. The molecule has 0 fully saturated rings. The van der Waals surface area contributed by atoms with E-state index in [1.165, 1.54) is 13.8 Å². The summed E-state index contributed by atoms with van der Waals surface area (Å²) in [6.07, 6.45) is -2.51. The predicted molar refractivity (Wildman–Crippen MR) is 105 cm³/mol. The molecule has 15 nitrogen and oxygen atoms in total. The molecular formula is C17H27N5O10. The molecule has 0 saturated carbocycles. The first-order chi connectivity index (χ1) is 14.6. The molecule has 180 valence electrons. The molecule has 0 aliphatic carbocycles. The monoisotopic (exact) mass is 461 g/mol. The summed E-state index contributed by atoms with van der Waals surface area (Å²) < 4.78 is 0. The molecule has 0 aromatic heterocycles. The van der Waals surface area contributed by atoms with Gasteiger partial charge >= 0.3 is 17.9 Å². The molecule has 0 aliphatic rings. The number of nitrogens with one attached hydrogen (secondary N) is 3. The summed E-state index contributed by atoms with van der Waals surface area (Å²) >= 11 is 0. The first-order valence-corrected chi connectivity index (χ1v) is 9.27. The number of rotatable bonds is 14. The van der Waals surface area contributed by atoms with E-state index >= 15 is 0 Å². The van der Waals surface area contributed by atoms with Crippen LogP contribution in [0, 0.1) is 5.92 Å². The largest absolute Gasteiger partial charge is 0.481 e. The molecule has 4 amide bonds. The summed E-state index contributed by atoms with van der Waals surface area (Å²) in [4.78, 5) is 81.2. The summed E-state index contributed by atoms with van der Waals surface area (Å²) in [5.41, 5.74) is 10.4. The van der Waals surface area contributed by atoms with E-state index in [9.17, 15) is 33.6 Å². The van der Waals surface area contributed by atoms with Crippen LogP contribution in [-0.4, -0.2) is 81.0 Å². The zero-order chi connectivity index (χ0) is 25.2. The van der Waals surface area contributed by atoms with Crippen LogP contribution in [0.1, 0.15) is 33.1 Å². The van der Waals surface area contributed by atoms with Gasteiger partial charge in [-0.3, -0.25) is 28.8 Å². The van der Waals surface area contributed by atoms with Gasteiger partial charge in [0, 0.05) is 0 Å². The molecule has 0 heterocycles. The van der Waals surface area contributed by atoms with Crippen molar-refractivity contribution >= 4 is 41.5 Å². The van der Waals surface area contributed by atoms with Crippen molar-refractivity contribution < 1.29 is 48.9 Å². The molecule has 0 saturated heterocycles. The first kappa shape index (κ1) is 28.2. The second kappa shape index (κ2) is 12.8. The third-order valence-corrected chi connectivity index (χ3v) is 4.01. The van der Waals surface area contributed by atoms with Crippen LogP contribution < -0.4 is 27.4 Å². The topological polar surface area (TPSA) is 268 Å². The van der Waals surface area contributed by atoms with Crippen molar-refractivity contribution in [2.75, 3.05) is 0 Å². The minimum Gasteiger partial charge on any atom is -0.481 e. The van der Waals surface area contributed by atoms with E-state index in [4.69, 9.17) is 26.8 Å². The molecule has 0 spiro atoms. The third kappa shape index (κ3) is 10.3. The molecule has 32 heavy (non-hydrogen) atoms. The van der Waals surface area contributed by atoms with Gasteiger partial charge in [0.15, 0.2) is 0 Å². The lowest BCUT2D eigenvalue weighted by molar-refractivity contribution is -0.144. The normalized spacial score (nSPS) is 14.4. The SMILES string of the molecule is CC(C)C(NC(=O)C(CC(=O)O)NC(=O)C(CC(N)=O)NC(=O)C(N)CC(=O)O)C(=O)O. The number of nitrogens with two attached hydrogens (primary N) is 2. The molecule has 0 aromatic rings. The van der Waals surface area contributed by atoms with Gasteiger partial charge in [0.05, 0.1) is 25.3 Å². The van der Waals surface area contributed by atoms with Gasteiger partial charge in [-0.25, -0.2) is 4.79 Å². The average molecular weight is 461 g/mol. The van der Waals surface area contributed by atoms with Gasteiger partial charge in [0.1, 0.15) is 18.1 Å². The zero-order valence-electron chi connectivity index (χ0n) is 17.4. The Kier molecular flexibility index (Phi) is 11.3. The second-order valence-electron chi connectivity index (χ2n) is 7.16. The highest BCUT2D eigenvalue weighted by molar-refractivity contribution is 5.97. The van der Waals surface area contributed by atoms with Crippen LogP contribution in [-0.2, 0) is 33.6 Å². The van der Waals surface area contributed by atoms with Crippen LogP contribution in [0.2, 0.25) is 0 Å². The van der Waals surface area contributed by atoms with Gasteiger partial charge < -0.3 is 42.7 Å². The van der Waals surface area contributed by atoms with Crippen molar-refractivity contribution in [1.29, 1.82) is 0 Å². The number of carboxylic acid groups (broad SMARTS) is 3. The molecule has 0 rings (SSSR count). The Morgan fingerprint density at radius 2 is 1.16 bits per heavy atom. The number of primary amides is 1. The van der Waals surface area contributed by atoms with E-state index in [1.54, 1.807) is 0 Å². The number of carboxylic acids is 3. The Morgan fingerprint density at radius 3 is 1.56 bits per heavy atom. The standard InChI is InChI=1S/C17H27N5O10/c1-6(2)13(17(31)32)22-16(30)9(5-12(26)27)21-15(29)8(4-10(19)23)20-14(28)7(18)3-11(24)25/h6-9,13H,3-5,18H2,1-2H3,(H2,19,23)(H,20,28)(H,21,29)(H,22,30)(H,24,25)(H,26,27)(H,31,32). The number of carbonyl (C=O) groups excluding carboxylic acids is 4. The lowest BCUT2D eigenvalue weighted by Gasteiger charge is -2.25. The highest BCUT2D eigenvalue weighted by Crippen LogP contribution is 2.05. The van der Waals surface area contributed by atoms with E-state index in [-0.39, 0.29) is 0 Å². The number of aliphatic carboxylic acids is 3. The fraction of sp³-hybridized carbons (Fsp3) is 0.588. The van der Waals surface area contributed by atoms with Crippen molar-refractivity contribution in [2.45, 2.75) is 57.3 Å². The lowest BCUT2D eigenvalue weighted by Crippen LogP contribution is -2.58. The maximum atomic E-state index is 12.5. The van der Waals surface area contributed by atoms with Crippen LogP contribution >= 0.6 is 0 Å². The van der Waals surface area contributed by atoms with Crippen molar-refractivity contribution in [3.63, 3.8) is 0 Å². The smallest absolute Gasteiger partial charge is 0.326 e. The van der Waals surface area contributed by atoms with Crippen molar-refractivity contribution in [1.82, 2.24) is 16.0 Å². The van der Waals surface area contributed by atoms with E-state index in [0.29, 0.717) is 0 Å². The molecule has 4 atom stereocenters. The Labute approximate surface area is 181 Å². The van der Waals surface area contributed by atoms with Gasteiger partial charge in [-0.05, 0) is 5.92 Å². The number of hydrogen-bond donors (Lipinski definition) is 8. The van der Waals surface area contributed by atoms with Gasteiger partial charge in [0.25, 0.3) is 0 Å².